The summed E-state index contributed by atoms with van der Waals surface area (Å²) in [6, 6.07) is 24.9. The van der Waals surface area contributed by atoms with Gasteiger partial charge in [-0.05, 0) is 67.9 Å². The number of halogens is 1. The van der Waals surface area contributed by atoms with Gasteiger partial charge in [-0.15, -0.1) is 16.4 Å². The van der Waals surface area contributed by atoms with Gasteiger partial charge >= 0.3 is 17.8 Å². The van der Waals surface area contributed by atoms with Crippen LogP contribution in [-0.2, 0) is 9.59 Å². The number of aliphatic carboxylic acids is 1. The number of hydroxylamine groups is 1. The standard InChI is InChI=1S/C32H29ClN2O8S/c33-26-28(41-19-25(36)37)30(32(39)40)44-29(26)21-8-7-13-24(18-21)42-27(20-14-16-34-17-15-20)31(38)35(22-9-3-1-4-10-22)43-23-11-5-2-6-12-23/h1-13,18,20,27,34H,14-17,19H2,(H,36,37)(H,39,40). The van der Waals surface area contributed by atoms with E-state index in [4.69, 9.17) is 31.0 Å². The van der Waals surface area contributed by atoms with Crippen molar-refractivity contribution in [1.82, 2.24) is 5.32 Å². The van der Waals surface area contributed by atoms with Crippen molar-refractivity contribution in [3.8, 4) is 27.7 Å². The minimum Gasteiger partial charge on any atom is -0.480 e. The van der Waals surface area contributed by atoms with Crippen molar-refractivity contribution >= 4 is 46.5 Å². The lowest BCUT2D eigenvalue weighted by atomic mass is 9.91. The maximum absolute atomic E-state index is 14.3. The molecule has 1 fully saturated rings. The summed E-state index contributed by atoms with van der Waals surface area (Å²) in [5, 5.41) is 23.3. The van der Waals surface area contributed by atoms with Crippen LogP contribution in [0.1, 0.15) is 22.5 Å². The molecule has 4 aromatic rings. The first-order chi connectivity index (χ1) is 21.3. The Bertz CT molecular complexity index is 1610. The van der Waals surface area contributed by atoms with E-state index in [-0.39, 0.29) is 27.5 Å². The number of rotatable bonds is 12. The molecule has 3 aromatic carbocycles. The number of nitrogens with one attached hydrogen (secondary N) is 1. The highest BCUT2D eigenvalue weighted by Crippen LogP contribution is 2.46. The summed E-state index contributed by atoms with van der Waals surface area (Å²) < 4.78 is 11.7. The molecule has 1 aliphatic heterocycles. The van der Waals surface area contributed by atoms with Crippen molar-refractivity contribution in [2.24, 2.45) is 5.92 Å². The predicted octanol–water partition coefficient (Wildman–Crippen LogP) is 6.00. The van der Waals surface area contributed by atoms with Crippen LogP contribution in [0.5, 0.6) is 17.2 Å². The molecule has 2 heterocycles. The second-order valence-electron chi connectivity index (χ2n) is 9.92. The van der Waals surface area contributed by atoms with Gasteiger partial charge in [0, 0.05) is 5.92 Å². The Morgan fingerprint density at radius 1 is 0.932 bits per heavy atom. The molecule has 0 bridgehead atoms. The number of ether oxygens (including phenoxy) is 2. The molecule has 10 nitrogen and oxygen atoms in total. The highest BCUT2D eigenvalue weighted by Gasteiger charge is 2.37. The molecular weight excluding hydrogens is 608 g/mol. The molecule has 0 saturated carbocycles. The highest BCUT2D eigenvalue weighted by atomic mass is 35.5. The zero-order chi connectivity index (χ0) is 31.1. The minimum absolute atomic E-state index is 0.0247. The van der Waals surface area contributed by atoms with Crippen LogP contribution in [0.2, 0.25) is 5.02 Å². The molecule has 12 heteroatoms. The highest BCUT2D eigenvalue weighted by molar-refractivity contribution is 7.18. The number of carboxylic acids is 2. The van der Waals surface area contributed by atoms with Crippen LogP contribution >= 0.6 is 22.9 Å². The molecule has 44 heavy (non-hydrogen) atoms. The van der Waals surface area contributed by atoms with E-state index >= 15 is 0 Å². The lowest BCUT2D eigenvalue weighted by Crippen LogP contribution is -2.49. The van der Waals surface area contributed by atoms with Crippen LogP contribution in [0.25, 0.3) is 10.4 Å². The number of aromatic carboxylic acids is 1. The van der Waals surface area contributed by atoms with Crippen molar-refractivity contribution < 1.29 is 38.9 Å². The van der Waals surface area contributed by atoms with Crippen LogP contribution < -0.4 is 24.7 Å². The van der Waals surface area contributed by atoms with Crippen molar-refractivity contribution in [3.05, 3.63) is 94.8 Å². The normalized spacial score (nSPS) is 13.9. The van der Waals surface area contributed by atoms with Gasteiger partial charge in [0.2, 0.25) is 0 Å². The van der Waals surface area contributed by atoms with Crippen molar-refractivity contribution in [2.45, 2.75) is 18.9 Å². The van der Waals surface area contributed by atoms with Crippen LogP contribution in [0.4, 0.5) is 5.69 Å². The fraction of sp³-hybridized carbons (Fsp3) is 0.219. The van der Waals surface area contributed by atoms with E-state index in [1.165, 1.54) is 5.06 Å². The van der Waals surface area contributed by atoms with Crippen molar-refractivity contribution in [3.63, 3.8) is 0 Å². The quantitative estimate of drug-likeness (QED) is 0.160. The summed E-state index contributed by atoms with van der Waals surface area (Å²) in [5.41, 5.74) is 1.06. The Morgan fingerprint density at radius 3 is 2.25 bits per heavy atom. The van der Waals surface area contributed by atoms with Gasteiger partial charge in [0.15, 0.2) is 29.1 Å². The third-order valence-electron chi connectivity index (χ3n) is 6.89. The lowest BCUT2D eigenvalue weighted by Gasteiger charge is -2.33. The topological polar surface area (TPSA) is 135 Å². The van der Waals surface area contributed by atoms with E-state index < -0.39 is 24.6 Å². The fourth-order valence-corrected chi connectivity index (χ4v) is 6.23. The van der Waals surface area contributed by atoms with Gasteiger partial charge in [0.1, 0.15) is 10.8 Å². The van der Waals surface area contributed by atoms with Crippen LogP contribution in [0, 0.1) is 5.92 Å². The van der Waals surface area contributed by atoms with E-state index in [0.717, 1.165) is 24.4 Å². The first-order valence-electron chi connectivity index (χ1n) is 13.8. The summed E-state index contributed by atoms with van der Waals surface area (Å²) in [6.45, 7) is 0.706. The first-order valence-corrected chi connectivity index (χ1v) is 15.0. The Balaban J connectivity index is 1.48. The number of carboxylic acid groups (broad SMARTS) is 2. The summed E-state index contributed by atoms with van der Waals surface area (Å²) in [5.74, 6) is -2.45. The zero-order valence-corrected chi connectivity index (χ0v) is 24.9. The van der Waals surface area contributed by atoms with Crippen molar-refractivity contribution in [1.29, 1.82) is 0 Å². The average molecular weight is 637 g/mol. The van der Waals surface area contributed by atoms with E-state index in [0.29, 0.717) is 40.5 Å². The number of para-hydroxylation sites is 2. The molecule has 1 saturated heterocycles. The van der Waals surface area contributed by atoms with Gasteiger partial charge in [-0.25, -0.2) is 9.59 Å². The number of carbonyl (C=O) groups is 3. The summed E-state index contributed by atoms with van der Waals surface area (Å²) in [6.07, 6.45) is 0.485. The van der Waals surface area contributed by atoms with Gasteiger partial charge in [-0.1, -0.05) is 60.1 Å². The number of amides is 1. The second-order valence-corrected chi connectivity index (χ2v) is 11.3. The molecule has 0 aliphatic carbocycles. The van der Waals surface area contributed by atoms with Gasteiger partial charge in [0.25, 0.3) is 0 Å². The number of nitrogens with zero attached hydrogens (tertiary/aromatic N) is 1. The Morgan fingerprint density at radius 2 is 1.59 bits per heavy atom. The number of anilines is 1. The molecule has 0 spiro atoms. The molecule has 1 unspecified atom stereocenters. The molecule has 5 rings (SSSR count). The lowest BCUT2D eigenvalue weighted by molar-refractivity contribution is -0.139. The van der Waals surface area contributed by atoms with Gasteiger partial charge in [0.05, 0.1) is 10.6 Å². The van der Waals surface area contributed by atoms with Gasteiger partial charge in [-0.3, -0.25) is 4.79 Å². The molecule has 0 radical (unpaired) electrons. The average Bonchev–Trinajstić information content (AvgIpc) is 3.38. The minimum atomic E-state index is -1.30. The van der Waals surface area contributed by atoms with E-state index in [1.54, 1.807) is 48.5 Å². The van der Waals surface area contributed by atoms with Gasteiger partial charge in [-0.2, -0.15) is 0 Å². The van der Waals surface area contributed by atoms with E-state index in [2.05, 4.69) is 5.32 Å². The number of carbonyl (C=O) groups excluding carboxylic acids is 1. The molecule has 1 atom stereocenters. The largest absolute Gasteiger partial charge is 0.480 e. The van der Waals surface area contributed by atoms with E-state index in [1.807, 2.05) is 36.4 Å². The SMILES string of the molecule is O=C(O)COc1c(C(=O)O)sc(-c2cccc(OC(C(=O)N(Oc3ccccc3)c3ccccc3)C3CCNCC3)c2)c1Cl. The van der Waals surface area contributed by atoms with Crippen LogP contribution in [0.15, 0.2) is 84.9 Å². The predicted molar refractivity (Wildman–Crippen MR) is 166 cm³/mol. The van der Waals surface area contributed by atoms with E-state index in [9.17, 15) is 19.5 Å². The number of hydrogen-bond acceptors (Lipinski definition) is 8. The second kappa shape index (κ2) is 14.3. The Hall–Kier alpha value is -4.58. The molecule has 228 valence electrons. The Kier molecular flexibility index (Phi) is 10.0. The zero-order valence-electron chi connectivity index (χ0n) is 23.4. The molecule has 3 N–H and O–H groups in total. The number of thiophene rings is 1. The van der Waals surface area contributed by atoms with Crippen LogP contribution in [0.3, 0.4) is 0 Å². The number of benzene rings is 3. The molecular formula is C32H29ClN2O8S. The molecule has 1 aliphatic rings. The third-order valence-corrected chi connectivity index (χ3v) is 8.57. The third kappa shape index (κ3) is 7.31. The van der Waals surface area contributed by atoms with Crippen molar-refractivity contribution in [2.75, 3.05) is 24.8 Å². The Labute approximate surface area is 262 Å². The summed E-state index contributed by atoms with van der Waals surface area (Å²) in [7, 11) is 0. The molecule has 1 aromatic heterocycles. The number of hydrogen-bond donors (Lipinski definition) is 3. The maximum atomic E-state index is 14.3. The fourth-order valence-electron chi connectivity index (χ4n) is 4.83. The number of piperidine rings is 1. The smallest absolute Gasteiger partial charge is 0.349 e. The summed E-state index contributed by atoms with van der Waals surface area (Å²) in [4.78, 5) is 43.5. The van der Waals surface area contributed by atoms with Crippen LogP contribution in [-0.4, -0.2) is 53.9 Å². The van der Waals surface area contributed by atoms with Gasteiger partial charge < -0.3 is 29.8 Å². The maximum Gasteiger partial charge on any atom is 0.349 e. The monoisotopic (exact) mass is 636 g/mol. The molecule has 1 amide bonds. The summed E-state index contributed by atoms with van der Waals surface area (Å²) >= 11 is 7.37. The first kappa shape index (κ1) is 30.9.